The summed E-state index contributed by atoms with van der Waals surface area (Å²) < 4.78 is 17.1. The van der Waals surface area contributed by atoms with Crippen LogP contribution < -0.4 is 4.74 Å². The van der Waals surface area contributed by atoms with Crippen molar-refractivity contribution in [3.05, 3.63) is 129 Å². The molecule has 2 aliphatic carbocycles. The van der Waals surface area contributed by atoms with Crippen LogP contribution in [0.3, 0.4) is 0 Å². The zero-order chi connectivity index (χ0) is 37.8. The van der Waals surface area contributed by atoms with E-state index < -0.39 is 93.7 Å². The minimum Gasteiger partial charge on any atom is -0.632 e. The first kappa shape index (κ1) is 36.4. The molecule has 1 fully saturated rings. The lowest BCUT2D eigenvalue weighted by Gasteiger charge is -2.54. The summed E-state index contributed by atoms with van der Waals surface area (Å²) in [6, 6.07) is 21.9. The lowest BCUT2D eigenvalue weighted by atomic mass is 9.72. The van der Waals surface area contributed by atoms with Crippen molar-refractivity contribution in [3.63, 3.8) is 0 Å². The molecule has 0 radical (unpaired) electrons. The van der Waals surface area contributed by atoms with Crippen molar-refractivity contribution in [2.24, 2.45) is 0 Å². The molecule has 0 unspecified atom stereocenters. The van der Waals surface area contributed by atoms with Gasteiger partial charge >= 0.3 is 0 Å². The maximum atomic E-state index is 15.1. The van der Waals surface area contributed by atoms with Crippen LogP contribution in [0, 0.1) is 5.21 Å². The third kappa shape index (κ3) is 6.31. The van der Waals surface area contributed by atoms with Crippen molar-refractivity contribution in [2.45, 2.75) is 82.4 Å². The van der Waals surface area contributed by atoms with Gasteiger partial charge in [0.1, 0.15) is 48.1 Å². The van der Waals surface area contributed by atoms with Crippen LogP contribution in [0.15, 0.2) is 78.9 Å². The molecule has 1 saturated heterocycles. The predicted octanol–water partition coefficient (Wildman–Crippen LogP) is 4.79. The Morgan fingerprint density at radius 2 is 1.51 bits per heavy atom. The zero-order valence-corrected chi connectivity index (χ0v) is 29.5. The molecule has 12 heteroatoms. The van der Waals surface area contributed by atoms with E-state index in [-0.39, 0.29) is 47.5 Å². The summed E-state index contributed by atoms with van der Waals surface area (Å²) in [6.45, 7) is 2.83. The number of aromatic hydroxyl groups is 2. The number of rotatable bonds is 9. The number of quaternary nitrogens is 1. The van der Waals surface area contributed by atoms with Gasteiger partial charge in [-0.05, 0) is 19.9 Å². The number of methoxy groups -OCH3 is 1. The van der Waals surface area contributed by atoms with Crippen LogP contribution in [0.5, 0.6) is 17.2 Å². The van der Waals surface area contributed by atoms with E-state index in [2.05, 4.69) is 0 Å². The van der Waals surface area contributed by atoms with E-state index in [4.69, 9.17) is 14.2 Å². The maximum Gasteiger partial charge on any atom is 0.202 e. The van der Waals surface area contributed by atoms with Gasteiger partial charge in [-0.3, -0.25) is 14.4 Å². The Hall–Kier alpha value is -4.95. The van der Waals surface area contributed by atoms with Crippen molar-refractivity contribution in [3.8, 4) is 17.2 Å². The van der Waals surface area contributed by atoms with Gasteiger partial charge in [0.15, 0.2) is 17.9 Å². The first-order chi connectivity index (χ1) is 25.3. The third-order valence-electron chi connectivity index (χ3n) is 10.9. The van der Waals surface area contributed by atoms with E-state index in [1.54, 1.807) is 6.92 Å². The highest BCUT2D eigenvalue weighted by Gasteiger charge is 2.51. The standard InChI is InChI=1S/C41H41NO11/c1-22-36(44)28(42(50,20-24-11-6-4-7-12-24)21-25-13-8-5-9-14-25)17-31(52-22)53-30-19-41(49,23(2)43)18-27-33(30)40(48)35-34(38(27)46)37(45)26-15-10-16-29(51-3)32(26)39(35)47/h4-16,22,28,30-31,36,44,46,48-49H,17-21H2,1-3H3/t22-,28-,30-,31+,36-,41+/m1/s1. The summed E-state index contributed by atoms with van der Waals surface area (Å²) in [7, 11) is 1.34. The summed E-state index contributed by atoms with van der Waals surface area (Å²) >= 11 is 0. The number of nitrogens with zero attached hydrogens (tertiary/aromatic N) is 1. The number of ether oxygens (including phenoxy) is 3. The van der Waals surface area contributed by atoms with Crippen molar-refractivity contribution < 1.29 is 53.7 Å². The minimum absolute atomic E-state index is 0.0229. The third-order valence-corrected chi connectivity index (χ3v) is 10.9. The summed E-state index contributed by atoms with van der Waals surface area (Å²) in [4.78, 5) is 40.8. The smallest absolute Gasteiger partial charge is 0.202 e. The van der Waals surface area contributed by atoms with Gasteiger partial charge in [0.05, 0.1) is 42.4 Å². The fraction of sp³-hybridized carbons (Fsp3) is 0.341. The number of aliphatic hydroxyl groups is 2. The Kier molecular flexibility index (Phi) is 9.48. The lowest BCUT2D eigenvalue weighted by molar-refractivity contribution is -0.937. The maximum absolute atomic E-state index is 15.1. The molecule has 0 bridgehead atoms. The fourth-order valence-electron chi connectivity index (χ4n) is 8.14. The van der Waals surface area contributed by atoms with Crippen LogP contribution in [0.2, 0.25) is 0 Å². The Balaban J connectivity index is 1.30. The number of carbonyl (C=O) groups excluding carboxylic acids is 3. The van der Waals surface area contributed by atoms with Crippen molar-refractivity contribution in [2.75, 3.05) is 7.11 Å². The molecule has 0 saturated carbocycles. The number of aliphatic hydroxyl groups excluding tert-OH is 1. The number of hydroxylamine groups is 3. The molecule has 1 heterocycles. The second kappa shape index (κ2) is 13.8. The molecule has 276 valence electrons. The van der Waals surface area contributed by atoms with Crippen LogP contribution in [-0.2, 0) is 33.8 Å². The average Bonchev–Trinajstić information content (AvgIpc) is 3.13. The average molecular weight is 724 g/mol. The number of fused-ring (bicyclic) bond motifs is 3. The highest BCUT2D eigenvalue weighted by molar-refractivity contribution is 6.31. The Bertz CT molecular complexity index is 2040. The number of hydrogen-bond acceptors (Lipinski definition) is 11. The van der Waals surface area contributed by atoms with Crippen molar-refractivity contribution >= 4 is 17.3 Å². The summed E-state index contributed by atoms with van der Waals surface area (Å²) in [5, 5.41) is 61.8. The van der Waals surface area contributed by atoms with Gasteiger partial charge in [-0.25, -0.2) is 0 Å². The van der Waals surface area contributed by atoms with Crippen LogP contribution in [0.1, 0.15) is 86.9 Å². The Labute approximate surface area is 306 Å². The molecule has 0 aromatic heterocycles. The fourth-order valence-corrected chi connectivity index (χ4v) is 8.14. The van der Waals surface area contributed by atoms with E-state index in [0.29, 0.717) is 0 Å². The van der Waals surface area contributed by atoms with Gasteiger partial charge in [0, 0.05) is 40.7 Å². The molecule has 6 atom stereocenters. The molecule has 0 spiro atoms. The summed E-state index contributed by atoms with van der Waals surface area (Å²) in [6.07, 6.45) is -5.70. The molecule has 4 aromatic rings. The topological polar surface area (TPSA) is 183 Å². The molecule has 53 heavy (non-hydrogen) atoms. The van der Waals surface area contributed by atoms with Gasteiger partial charge in [0.25, 0.3) is 0 Å². The largest absolute Gasteiger partial charge is 0.632 e. The van der Waals surface area contributed by atoms with Crippen molar-refractivity contribution in [1.82, 2.24) is 0 Å². The van der Waals surface area contributed by atoms with E-state index >= 15 is 5.21 Å². The van der Waals surface area contributed by atoms with E-state index in [1.165, 1.54) is 32.2 Å². The van der Waals surface area contributed by atoms with Gasteiger partial charge in [-0.1, -0.05) is 72.8 Å². The number of hydrogen-bond donors (Lipinski definition) is 4. The van der Waals surface area contributed by atoms with Gasteiger partial charge in [0.2, 0.25) is 5.78 Å². The molecule has 12 nitrogen and oxygen atoms in total. The van der Waals surface area contributed by atoms with Crippen LogP contribution in [0.25, 0.3) is 0 Å². The van der Waals surface area contributed by atoms with Gasteiger partial charge in [-0.15, -0.1) is 0 Å². The number of phenols is 2. The quantitative estimate of drug-likeness (QED) is 0.0933. The molecule has 4 aromatic carbocycles. The SMILES string of the molecule is COc1cccc2c1C(=O)c1c(O)c3c(c(O)c1C2=O)C[C@@](O)(C(C)=O)C[C@H]3O[C@H]1C[C@@H]([N+]([O-])(Cc2ccccc2)Cc2ccccc2)[C@H](O)[C@@H](C)O1. The highest BCUT2D eigenvalue weighted by atomic mass is 16.7. The predicted molar refractivity (Wildman–Crippen MR) is 190 cm³/mol. The van der Waals surface area contributed by atoms with Crippen molar-refractivity contribution in [1.29, 1.82) is 0 Å². The normalized spacial score (nSPS) is 25.3. The van der Waals surface area contributed by atoms with Gasteiger partial charge < -0.3 is 44.5 Å². The molecular weight excluding hydrogens is 682 g/mol. The second-order valence-corrected chi connectivity index (χ2v) is 14.3. The number of ketones is 3. The molecule has 7 rings (SSSR count). The minimum atomic E-state index is -2.10. The van der Waals surface area contributed by atoms with E-state index in [1.807, 2.05) is 60.7 Å². The number of benzene rings is 4. The second-order valence-electron chi connectivity index (χ2n) is 14.3. The summed E-state index contributed by atoms with van der Waals surface area (Å²) in [5.41, 5.74) is -1.85. The Morgan fingerprint density at radius 3 is 2.09 bits per heavy atom. The van der Waals surface area contributed by atoms with Crippen LogP contribution >= 0.6 is 0 Å². The Morgan fingerprint density at radius 1 is 0.906 bits per heavy atom. The zero-order valence-electron chi connectivity index (χ0n) is 29.5. The number of Topliss-reactive ketones (excluding diaryl/α,β-unsaturated/α-hetero) is 1. The molecule has 1 aliphatic heterocycles. The molecular formula is C41H41NO11. The summed E-state index contributed by atoms with van der Waals surface area (Å²) in [5.74, 6) is -3.39. The first-order valence-electron chi connectivity index (χ1n) is 17.5. The molecule has 0 amide bonds. The lowest BCUT2D eigenvalue weighted by Crippen LogP contribution is -2.62. The van der Waals surface area contributed by atoms with Gasteiger partial charge in [-0.2, -0.15) is 0 Å². The number of phenolic OH excluding ortho intramolecular Hbond substituents is 2. The molecule has 4 N–H and O–H groups in total. The van der Waals surface area contributed by atoms with Crippen LogP contribution in [-0.4, -0.2) is 79.7 Å². The number of carbonyl (C=O) groups is 3. The molecule has 3 aliphatic rings. The monoisotopic (exact) mass is 723 g/mol. The van der Waals surface area contributed by atoms with E-state index in [0.717, 1.165) is 11.1 Å². The van der Waals surface area contributed by atoms with Crippen LogP contribution in [0.4, 0.5) is 0 Å². The highest BCUT2D eigenvalue weighted by Crippen LogP contribution is 2.52. The van der Waals surface area contributed by atoms with E-state index in [9.17, 15) is 34.8 Å². The first-order valence-corrected chi connectivity index (χ1v) is 17.5.